The second-order valence-corrected chi connectivity index (χ2v) is 4.90. The molecule has 2 aromatic rings. The van der Waals surface area contributed by atoms with Crippen LogP contribution in [0.15, 0.2) is 42.5 Å². The lowest BCUT2D eigenvalue weighted by Crippen LogP contribution is -2.18. The van der Waals surface area contributed by atoms with Crippen molar-refractivity contribution >= 4 is 28.9 Å². The van der Waals surface area contributed by atoms with E-state index in [1.54, 1.807) is 24.3 Å². The number of anilines is 1. The second-order valence-electron chi connectivity index (χ2n) is 4.11. The molecule has 112 valence electrons. The molecule has 0 aliphatic rings. The molecule has 0 bridgehead atoms. The van der Waals surface area contributed by atoms with Gasteiger partial charge in [0.05, 0.1) is 15.7 Å². The molecule has 0 heterocycles. The summed E-state index contributed by atoms with van der Waals surface area (Å²) in [6.07, 6.45) is -4.74. The minimum Gasteiger partial charge on any atom is -0.404 e. The Balaban J connectivity index is 2.15. The first-order chi connectivity index (χ1) is 9.87. The highest BCUT2D eigenvalue weighted by Crippen LogP contribution is 2.31. The van der Waals surface area contributed by atoms with E-state index in [4.69, 9.17) is 23.2 Å². The van der Waals surface area contributed by atoms with Crippen LogP contribution in [-0.2, 0) is 6.54 Å². The summed E-state index contributed by atoms with van der Waals surface area (Å²) in [4.78, 5) is 0. The van der Waals surface area contributed by atoms with Crippen LogP contribution in [0.5, 0.6) is 5.75 Å². The fourth-order valence-corrected chi connectivity index (χ4v) is 2.09. The number of halogens is 5. The standard InChI is InChI=1S/C14H10Cl2F3NO/c15-10-5-3-4-9(13(10)16)8-20-11-6-1-2-7-12(11)21-14(17,18)19/h1-7,20H,8H2. The topological polar surface area (TPSA) is 21.3 Å². The number of benzene rings is 2. The molecule has 7 heteroatoms. The zero-order chi connectivity index (χ0) is 15.5. The van der Waals surface area contributed by atoms with Crippen LogP contribution < -0.4 is 10.1 Å². The third-order valence-corrected chi connectivity index (χ3v) is 3.47. The molecule has 0 fully saturated rings. The quantitative estimate of drug-likeness (QED) is 0.796. The fraction of sp³-hybridized carbons (Fsp3) is 0.143. The van der Waals surface area contributed by atoms with Gasteiger partial charge in [-0.2, -0.15) is 0 Å². The molecule has 0 aromatic heterocycles. The maximum absolute atomic E-state index is 12.3. The van der Waals surface area contributed by atoms with E-state index in [-0.39, 0.29) is 18.0 Å². The number of rotatable bonds is 4. The molecule has 2 aromatic carbocycles. The van der Waals surface area contributed by atoms with Crippen molar-refractivity contribution in [3.8, 4) is 5.75 Å². The van der Waals surface area contributed by atoms with Gasteiger partial charge in [-0.25, -0.2) is 0 Å². The molecule has 0 aliphatic heterocycles. The van der Waals surface area contributed by atoms with Gasteiger partial charge in [0.25, 0.3) is 0 Å². The lowest BCUT2D eigenvalue weighted by Gasteiger charge is -2.15. The van der Waals surface area contributed by atoms with E-state index in [0.29, 0.717) is 15.6 Å². The Morgan fingerprint density at radius 1 is 1.00 bits per heavy atom. The third kappa shape index (κ3) is 4.44. The summed E-state index contributed by atoms with van der Waals surface area (Å²) >= 11 is 11.9. The monoisotopic (exact) mass is 335 g/mol. The van der Waals surface area contributed by atoms with Gasteiger partial charge in [-0.3, -0.25) is 0 Å². The SMILES string of the molecule is FC(F)(F)Oc1ccccc1NCc1cccc(Cl)c1Cl. The molecule has 0 saturated carbocycles. The lowest BCUT2D eigenvalue weighted by atomic mass is 10.2. The summed E-state index contributed by atoms with van der Waals surface area (Å²) in [5.74, 6) is -0.303. The van der Waals surface area contributed by atoms with Gasteiger partial charge < -0.3 is 10.1 Å². The second kappa shape index (κ2) is 6.45. The molecule has 0 radical (unpaired) electrons. The largest absolute Gasteiger partial charge is 0.573 e. The minimum absolute atomic E-state index is 0.214. The van der Waals surface area contributed by atoms with Crippen LogP contribution in [0.4, 0.5) is 18.9 Å². The minimum atomic E-state index is -4.74. The van der Waals surface area contributed by atoms with Gasteiger partial charge in [0, 0.05) is 6.54 Å². The predicted octanol–water partition coefficient (Wildman–Crippen LogP) is 5.50. The van der Waals surface area contributed by atoms with E-state index < -0.39 is 6.36 Å². The van der Waals surface area contributed by atoms with Crippen LogP contribution in [-0.4, -0.2) is 6.36 Å². The summed E-state index contributed by atoms with van der Waals surface area (Å²) in [5, 5.41) is 3.60. The summed E-state index contributed by atoms with van der Waals surface area (Å²) < 4.78 is 40.9. The molecule has 2 nitrogen and oxygen atoms in total. The number of nitrogens with one attached hydrogen (secondary N) is 1. The van der Waals surface area contributed by atoms with E-state index in [1.807, 2.05) is 0 Å². The Hall–Kier alpha value is -1.59. The molecule has 0 unspecified atom stereocenters. The van der Waals surface area contributed by atoms with Gasteiger partial charge in [-0.05, 0) is 23.8 Å². The zero-order valence-corrected chi connectivity index (χ0v) is 12.1. The number of para-hydroxylation sites is 2. The van der Waals surface area contributed by atoms with Crippen molar-refractivity contribution in [2.45, 2.75) is 12.9 Å². The average Bonchev–Trinajstić information content (AvgIpc) is 2.40. The lowest BCUT2D eigenvalue weighted by molar-refractivity contribution is -0.274. The molecule has 0 aliphatic carbocycles. The Morgan fingerprint density at radius 3 is 2.43 bits per heavy atom. The van der Waals surface area contributed by atoms with Gasteiger partial charge in [0.15, 0.2) is 5.75 Å². The van der Waals surface area contributed by atoms with Crippen molar-refractivity contribution in [2.75, 3.05) is 5.32 Å². The first-order valence-electron chi connectivity index (χ1n) is 5.88. The summed E-state index contributed by atoms with van der Waals surface area (Å²) in [6, 6.07) is 10.9. The fourth-order valence-electron chi connectivity index (χ4n) is 1.70. The summed E-state index contributed by atoms with van der Waals surface area (Å²) in [5.41, 5.74) is 0.886. The van der Waals surface area contributed by atoms with E-state index in [1.165, 1.54) is 18.2 Å². The first-order valence-corrected chi connectivity index (χ1v) is 6.64. The van der Waals surface area contributed by atoms with E-state index >= 15 is 0 Å². The van der Waals surface area contributed by atoms with Crippen LogP contribution in [0.2, 0.25) is 10.0 Å². The summed E-state index contributed by atoms with van der Waals surface area (Å²) in [6.45, 7) is 0.220. The van der Waals surface area contributed by atoms with Crippen molar-refractivity contribution in [3.63, 3.8) is 0 Å². The molecule has 0 saturated heterocycles. The van der Waals surface area contributed by atoms with Crippen molar-refractivity contribution in [2.24, 2.45) is 0 Å². The Bertz CT molecular complexity index is 632. The van der Waals surface area contributed by atoms with Gasteiger partial charge in [-0.15, -0.1) is 13.2 Å². The Kier molecular flexibility index (Phi) is 4.85. The molecule has 0 atom stereocenters. The molecule has 2 rings (SSSR count). The highest BCUT2D eigenvalue weighted by molar-refractivity contribution is 6.42. The van der Waals surface area contributed by atoms with Gasteiger partial charge in [0.2, 0.25) is 0 Å². The molecule has 21 heavy (non-hydrogen) atoms. The van der Waals surface area contributed by atoms with Crippen molar-refractivity contribution in [1.82, 2.24) is 0 Å². The third-order valence-electron chi connectivity index (χ3n) is 2.61. The Morgan fingerprint density at radius 2 is 1.71 bits per heavy atom. The number of hydrogen-bond donors (Lipinski definition) is 1. The van der Waals surface area contributed by atoms with Crippen molar-refractivity contribution in [1.29, 1.82) is 0 Å². The average molecular weight is 336 g/mol. The number of ether oxygens (including phenoxy) is 1. The van der Waals surface area contributed by atoms with Gasteiger partial charge in [-0.1, -0.05) is 47.5 Å². The summed E-state index contributed by atoms with van der Waals surface area (Å²) in [7, 11) is 0. The molecule has 0 spiro atoms. The number of alkyl halides is 3. The zero-order valence-electron chi connectivity index (χ0n) is 10.5. The highest BCUT2D eigenvalue weighted by atomic mass is 35.5. The molecular formula is C14H10Cl2F3NO. The molecule has 1 N–H and O–H groups in total. The van der Waals surface area contributed by atoms with E-state index in [9.17, 15) is 13.2 Å². The van der Waals surface area contributed by atoms with Crippen LogP contribution >= 0.6 is 23.2 Å². The predicted molar refractivity (Wildman–Crippen MR) is 76.9 cm³/mol. The highest BCUT2D eigenvalue weighted by Gasteiger charge is 2.32. The van der Waals surface area contributed by atoms with Gasteiger partial charge in [0.1, 0.15) is 0 Å². The van der Waals surface area contributed by atoms with Crippen molar-refractivity contribution in [3.05, 3.63) is 58.1 Å². The molecular weight excluding hydrogens is 326 g/mol. The van der Waals surface area contributed by atoms with Crippen LogP contribution in [0.3, 0.4) is 0 Å². The van der Waals surface area contributed by atoms with Crippen LogP contribution in [0.1, 0.15) is 5.56 Å². The van der Waals surface area contributed by atoms with Crippen LogP contribution in [0, 0.1) is 0 Å². The Labute approximate surface area is 129 Å². The van der Waals surface area contributed by atoms with E-state index in [2.05, 4.69) is 10.1 Å². The number of hydrogen-bond acceptors (Lipinski definition) is 2. The van der Waals surface area contributed by atoms with E-state index in [0.717, 1.165) is 0 Å². The van der Waals surface area contributed by atoms with Gasteiger partial charge >= 0.3 is 6.36 Å². The normalized spacial score (nSPS) is 11.3. The molecule has 0 amide bonds. The van der Waals surface area contributed by atoms with Crippen molar-refractivity contribution < 1.29 is 17.9 Å². The smallest absolute Gasteiger partial charge is 0.404 e. The maximum Gasteiger partial charge on any atom is 0.573 e. The first kappa shape index (κ1) is 15.8. The van der Waals surface area contributed by atoms with Crippen LogP contribution in [0.25, 0.3) is 0 Å². The maximum atomic E-state index is 12.3.